The first-order chi connectivity index (χ1) is 8.27. The Morgan fingerprint density at radius 2 is 2.47 bits per heavy atom. The fourth-order valence-electron chi connectivity index (χ4n) is 1.83. The molecule has 0 aliphatic carbocycles. The number of thioether (sulfide) groups is 1. The summed E-state index contributed by atoms with van der Waals surface area (Å²) in [7, 11) is 0. The van der Waals surface area contributed by atoms with E-state index in [1.807, 2.05) is 11.8 Å². The lowest BCUT2D eigenvalue weighted by molar-refractivity contribution is 0.0945. The van der Waals surface area contributed by atoms with Crippen LogP contribution in [0.1, 0.15) is 29.8 Å². The van der Waals surface area contributed by atoms with Gasteiger partial charge in [0, 0.05) is 18.0 Å². The van der Waals surface area contributed by atoms with Crippen molar-refractivity contribution < 1.29 is 9.90 Å². The van der Waals surface area contributed by atoms with Gasteiger partial charge in [0.2, 0.25) is 0 Å². The van der Waals surface area contributed by atoms with Crippen molar-refractivity contribution >= 4 is 17.7 Å². The van der Waals surface area contributed by atoms with Gasteiger partial charge in [-0.1, -0.05) is 6.42 Å². The maximum atomic E-state index is 11.8. The molecule has 0 bridgehead atoms. The lowest BCUT2D eigenvalue weighted by Gasteiger charge is -2.21. The second kappa shape index (κ2) is 5.91. The molecule has 1 fully saturated rings. The minimum atomic E-state index is -0.297. The van der Waals surface area contributed by atoms with Crippen molar-refractivity contribution in [2.24, 2.45) is 0 Å². The molecule has 1 atom stereocenters. The van der Waals surface area contributed by atoms with E-state index in [2.05, 4.69) is 10.3 Å². The van der Waals surface area contributed by atoms with Gasteiger partial charge in [0.25, 0.3) is 5.91 Å². The molecule has 1 unspecified atom stereocenters. The van der Waals surface area contributed by atoms with Crippen LogP contribution in [0, 0.1) is 0 Å². The Labute approximate surface area is 105 Å². The van der Waals surface area contributed by atoms with E-state index in [1.54, 1.807) is 6.07 Å². The molecule has 17 heavy (non-hydrogen) atoms. The van der Waals surface area contributed by atoms with Crippen LogP contribution in [0.2, 0.25) is 0 Å². The quantitative estimate of drug-likeness (QED) is 0.861. The van der Waals surface area contributed by atoms with Gasteiger partial charge in [0.05, 0.1) is 0 Å². The molecular weight excluding hydrogens is 236 g/mol. The summed E-state index contributed by atoms with van der Waals surface area (Å²) in [5, 5.41) is 12.8. The number of hydrogen-bond acceptors (Lipinski definition) is 4. The largest absolute Gasteiger partial charge is 0.505 e. The summed E-state index contributed by atoms with van der Waals surface area (Å²) in [5.41, 5.74) is 0.105. The van der Waals surface area contributed by atoms with Gasteiger partial charge in [-0.15, -0.1) is 0 Å². The summed E-state index contributed by atoms with van der Waals surface area (Å²) in [6.45, 7) is 0.652. The molecule has 1 amide bonds. The summed E-state index contributed by atoms with van der Waals surface area (Å²) in [4.78, 5) is 15.6. The first kappa shape index (κ1) is 12.2. The second-order valence-electron chi connectivity index (χ2n) is 4.07. The average Bonchev–Trinajstić information content (AvgIpc) is 2.38. The van der Waals surface area contributed by atoms with E-state index >= 15 is 0 Å². The molecule has 0 aromatic carbocycles. The molecule has 1 aliphatic rings. The van der Waals surface area contributed by atoms with Gasteiger partial charge in [-0.05, 0) is 30.7 Å². The van der Waals surface area contributed by atoms with Gasteiger partial charge in [0.15, 0.2) is 5.69 Å². The minimum absolute atomic E-state index is 0.0682. The van der Waals surface area contributed by atoms with Crippen LogP contribution in [-0.2, 0) is 0 Å². The topological polar surface area (TPSA) is 62.2 Å². The van der Waals surface area contributed by atoms with Crippen LogP contribution in [0.3, 0.4) is 0 Å². The summed E-state index contributed by atoms with van der Waals surface area (Å²) in [6.07, 6.45) is 5.17. The van der Waals surface area contributed by atoms with Crippen LogP contribution >= 0.6 is 11.8 Å². The smallest absolute Gasteiger partial charge is 0.273 e. The number of nitrogens with zero attached hydrogens (tertiary/aromatic N) is 1. The van der Waals surface area contributed by atoms with Gasteiger partial charge in [-0.2, -0.15) is 11.8 Å². The van der Waals surface area contributed by atoms with Crippen LogP contribution in [0.4, 0.5) is 0 Å². The molecule has 2 rings (SSSR count). The van der Waals surface area contributed by atoms with E-state index in [0.29, 0.717) is 11.8 Å². The molecule has 1 aromatic rings. The predicted octanol–water partition coefficient (Wildman–Crippen LogP) is 1.80. The molecule has 1 aliphatic heterocycles. The molecule has 0 radical (unpaired) electrons. The second-order valence-corrected chi connectivity index (χ2v) is 5.48. The fourth-order valence-corrected chi connectivity index (χ4v) is 3.07. The summed E-state index contributed by atoms with van der Waals surface area (Å²) in [6, 6.07) is 3.07. The van der Waals surface area contributed by atoms with Crippen LogP contribution in [0.5, 0.6) is 5.75 Å². The number of nitrogens with one attached hydrogen (secondary N) is 1. The van der Waals surface area contributed by atoms with E-state index in [0.717, 1.165) is 6.42 Å². The van der Waals surface area contributed by atoms with Crippen LogP contribution in [-0.4, -0.2) is 33.5 Å². The number of pyridine rings is 1. The summed E-state index contributed by atoms with van der Waals surface area (Å²) < 4.78 is 0. The zero-order valence-corrected chi connectivity index (χ0v) is 10.4. The summed E-state index contributed by atoms with van der Waals surface area (Å²) >= 11 is 1.91. The molecule has 0 saturated carbocycles. The van der Waals surface area contributed by atoms with Crippen molar-refractivity contribution in [3.63, 3.8) is 0 Å². The standard InChI is InChI=1S/C12H16N2O2S/c15-10-5-3-6-13-11(10)12(16)14-8-9-4-1-2-7-17-9/h3,5-6,9,15H,1-2,4,7-8H2,(H,14,16). The Kier molecular flexibility index (Phi) is 4.25. The highest BCUT2D eigenvalue weighted by Crippen LogP contribution is 2.24. The van der Waals surface area contributed by atoms with E-state index in [1.165, 1.54) is 30.9 Å². The van der Waals surface area contributed by atoms with E-state index < -0.39 is 0 Å². The Bertz CT molecular complexity index is 392. The monoisotopic (exact) mass is 252 g/mol. The number of carbonyl (C=O) groups excluding carboxylic acids is 1. The number of rotatable bonds is 3. The van der Waals surface area contributed by atoms with Crippen LogP contribution < -0.4 is 5.32 Å². The molecule has 5 heteroatoms. The Morgan fingerprint density at radius 3 is 3.18 bits per heavy atom. The molecule has 92 valence electrons. The third-order valence-corrected chi connectivity index (χ3v) is 4.16. The zero-order valence-electron chi connectivity index (χ0n) is 9.56. The van der Waals surface area contributed by atoms with Crippen molar-refractivity contribution in [2.45, 2.75) is 24.5 Å². The molecule has 2 N–H and O–H groups in total. The maximum Gasteiger partial charge on any atom is 0.273 e. The molecule has 2 heterocycles. The van der Waals surface area contributed by atoms with Crippen LogP contribution in [0.15, 0.2) is 18.3 Å². The van der Waals surface area contributed by atoms with Crippen molar-refractivity contribution in [2.75, 3.05) is 12.3 Å². The van der Waals surface area contributed by atoms with Crippen molar-refractivity contribution in [1.29, 1.82) is 0 Å². The highest BCUT2D eigenvalue weighted by molar-refractivity contribution is 7.99. The molecule has 1 aromatic heterocycles. The van der Waals surface area contributed by atoms with Crippen molar-refractivity contribution in [3.8, 4) is 5.75 Å². The highest BCUT2D eigenvalue weighted by Gasteiger charge is 2.17. The third-order valence-electron chi connectivity index (χ3n) is 2.77. The Hall–Kier alpha value is -1.23. The summed E-state index contributed by atoms with van der Waals surface area (Å²) in [5.74, 6) is 0.811. The van der Waals surface area contributed by atoms with Gasteiger partial charge in [0.1, 0.15) is 5.75 Å². The number of aromatic nitrogens is 1. The van der Waals surface area contributed by atoms with Gasteiger partial charge in [-0.25, -0.2) is 4.98 Å². The Morgan fingerprint density at radius 1 is 1.59 bits per heavy atom. The average molecular weight is 252 g/mol. The fraction of sp³-hybridized carbons (Fsp3) is 0.500. The van der Waals surface area contributed by atoms with E-state index in [4.69, 9.17) is 0 Å². The maximum absolute atomic E-state index is 11.8. The number of carbonyl (C=O) groups is 1. The van der Waals surface area contributed by atoms with Gasteiger partial charge in [-0.3, -0.25) is 4.79 Å². The molecular formula is C12H16N2O2S. The SMILES string of the molecule is O=C(NCC1CCCCS1)c1ncccc1O. The van der Waals surface area contributed by atoms with Gasteiger partial charge < -0.3 is 10.4 Å². The third kappa shape index (κ3) is 3.36. The minimum Gasteiger partial charge on any atom is -0.505 e. The van der Waals surface area contributed by atoms with Crippen molar-refractivity contribution in [1.82, 2.24) is 10.3 Å². The van der Waals surface area contributed by atoms with E-state index in [-0.39, 0.29) is 17.4 Å². The van der Waals surface area contributed by atoms with Crippen LogP contribution in [0.25, 0.3) is 0 Å². The molecule has 0 spiro atoms. The highest BCUT2D eigenvalue weighted by atomic mass is 32.2. The zero-order chi connectivity index (χ0) is 12.1. The predicted molar refractivity (Wildman–Crippen MR) is 68.3 cm³/mol. The number of hydrogen-bond donors (Lipinski definition) is 2. The van der Waals surface area contributed by atoms with E-state index in [9.17, 15) is 9.90 Å². The number of aromatic hydroxyl groups is 1. The molecule has 4 nitrogen and oxygen atoms in total. The molecule has 1 saturated heterocycles. The number of amides is 1. The van der Waals surface area contributed by atoms with Gasteiger partial charge >= 0.3 is 0 Å². The lowest BCUT2D eigenvalue weighted by atomic mass is 10.2. The Balaban J connectivity index is 1.87. The normalized spacial score (nSPS) is 19.9. The first-order valence-corrected chi connectivity index (χ1v) is 6.86. The first-order valence-electron chi connectivity index (χ1n) is 5.81. The van der Waals surface area contributed by atoms with Crippen molar-refractivity contribution in [3.05, 3.63) is 24.0 Å². The lowest BCUT2D eigenvalue weighted by Crippen LogP contribution is -2.32.